The van der Waals surface area contributed by atoms with Crippen LogP contribution in [0.2, 0.25) is 0 Å². The fourth-order valence-electron chi connectivity index (χ4n) is 2.04. The molecule has 1 N–H and O–H groups in total. The van der Waals surface area contributed by atoms with E-state index in [9.17, 15) is 9.18 Å². The lowest BCUT2D eigenvalue weighted by atomic mass is 10.2. The monoisotopic (exact) mass is 289 g/mol. The molecule has 0 aliphatic heterocycles. The highest BCUT2D eigenvalue weighted by atomic mass is 19.1. The highest BCUT2D eigenvalue weighted by molar-refractivity contribution is 5.88. The van der Waals surface area contributed by atoms with Crippen LogP contribution in [0.1, 0.15) is 28.7 Å². The minimum absolute atomic E-state index is 0.0284. The van der Waals surface area contributed by atoms with Crippen molar-refractivity contribution in [2.24, 2.45) is 0 Å². The van der Waals surface area contributed by atoms with Crippen molar-refractivity contribution in [3.63, 3.8) is 0 Å². The Morgan fingerprint density at radius 2 is 2.14 bits per heavy atom. The lowest BCUT2D eigenvalue weighted by molar-refractivity contribution is 0.0691. The minimum atomic E-state index is -1.30. The molecular weight excluding hydrogens is 273 g/mol. The van der Waals surface area contributed by atoms with Crippen LogP contribution in [0.25, 0.3) is 0 Å². The number of carboxylic acids is 1. The number of rotatable bonds is 5. The maximum absolute atomic E-state index is 14.2. The second-order valence-electron chi connectivity index (χ2n) is 4.59. The van der Waals surface area contributed by atoms with Crippen molar-refractivity contribution < 1.29 is 14.3 Å². The summed E-state index contributed by atoms with van der Waals surface area (Å²) >= 11 is 0. The van der Waals surface area contributed by atoms with Gasteiger partial charge in [-0.2, -0.15) is 0 Å². The van der Waals surface area contributed by atoms with Crippen molar-refractivity contribution in [3.8, 4) is 0 Å². The van der Waals surface area contributed by atoms with Gasteiger partial charge in [0, 0.05) is 18.4 Å². The third kappa shape index (κ3) is 3.34. The molecular formula is C15H16FN3O2. The molecule has 0 bridgehead atoms. The number of hydrogen-bond acceptors (Lipinski definition) is 4. The van der Waals surface area contributed by atoms with Crippen molar-refractivity contribution in [3.05, 3.63) is 53.2 Å². The molecule has 0 aliphatic carbocycles. The van der Waals surface area contributed by atoms with Crippen LogP contribution in [0.15, 0.2) is 30.5 Å². The summed E-state index contributed by atoms with van der Waals surface area (Å²) in [5, 5.41) is 8.97. The number of carbonyl (C=O) groups is 1. The van der Waals surface area contributed by atoms with Gasteiger partial charge in [0.25, 0.3) is 0 Å². The molecule has 0 aliphatic rings. The molecule has 5 nitrogen and oxygen atoms in total. The Kier molecular flexibility index (Phi) is 4.47. The molecule has 2 heterocycles. The normalized spacial score (nSPS) is 10.4. The summed E-state index contributed by atoms with van der Waals surface area (Å²) in [7, 11) is 0. The van der Waals surface area contributed by atoms with E-state index >= 15 is 0 Å². The van der Waals surface area contributed by atoms with Gasteiger partial charge < -0.3 is 10.0 Å². The number of pyridine rings is 2. The minimum Gasteiger partial charge on any atom is -0.478 e. The number of aryl methyl sites for hydroxylation is 1. The number of halogens is 1. The van der Waals surface area contributed by atoms with Gasteiger partial charge >= 0.3 is 5.97 Å². The van der Waals surface area contributed by atoms with E-state index in [1.165, 1.54) is 6.20 Å². The number of aromatic nitrogens is 2. The lowest BCUT2D eigenvalue weighted by Gasteiger charge is -2.22. The van der Waals surface area contributed by atoms with Gasteiger partial charge in [-0.05, 0) is 32.0 Å². The van der Waals surface area contributed by atoms with Crippen LogP contribution in [0, 0.1) is 12.7 Å². The van der Waals surface area contributed by atoms with Crippen LogP contribution < -0.4 is 4.90 Å². The largest absolute Gasteiger partial charge is 0.478 e. The van der Waals surface area contributed by atoms with E-state index < -0.39 is 11.8 Å². The van der Waals surface area contributed by atoms with E-state index in [0.717, 1.165) is 17.5 Å². The Labute approximate surface area is 122 Å². The second kappa shape index (κ2) is 6.30. The van der Waals surface area contributed by atoms with E-state index in [2.05, 4.69) is 9.97 Å². The second-order valence-corrected chi connectivity index (χ2v) is 4.59. The average Bonchev–Trinajstić information content (AvgIpc) is 2.45. The zero-order valence-electron chi connectivity index (χ0n) is 11.9. The molecule has 2 aromatic heterocycles. The first-order valence-corrected chi connectivity index (χ1v) is 6.58. The fourth-order valence-corrected chi connectivity index (χ4v) is 2.04. The third-order valence-electron chi connectivity index (χ3n) is 3.08. The molecule has 0 amide bonds. The van der Waals surface area contributed by atoms with Gasteiger partial charge in [-0.25, -0.2) is 14.2 Å². The van der Waals surface area contributed by atoms with Crippen molar-refractivity contribution >= 4 is 11.8 Å². The van der Waals surface area contributed by atoms with Gasteiger partial charge in [-0.15, -0.1) is 0 Å². The molecule has 0 aromatic carbocycles. The lowest BCUT2D eigenvalue weighted by Crippen LogP contribution is -2.25. The topological polar surface area (TPSA) is 66.3 Å². The van der Waals surface area contributed by atoms with Gasteiger partial charge in [0.15, 0.2) is 11.6 Å². The molecule has 0 saturated carbocycles. The maximum atomic E-state index is 14.2. The Morgan fingerprint density at radius 3 is 2.76 bits per heavy atom. The highest BCUT2D eigenvalue weighted by Gasteiger charge is 2.19. The summed E-state index contributed by atoms with van der Waals surface area (Å²) in [5.41, 5.74) is 1.27. The number of aromatic carboxylic acids is 1. The summed E-state index contributed by atoms with van der Waals surface area (Å²) in [6.45, 7) is 4.59. The van der Waals surface area contributed by atoms with Gasteiger partial charge in [-0.3, -0.25) is 4.98 Å². The van der Waals surface area contributed by atoms with Crippen LogP contribution in [-0.4, -0.2) is 27.6 Å². The predicted molar refractivity (Wildman–Crippen MR) is 76.9 cm³/mol. The molecule has 0 unspecified atom stereocenters. The first-order valence-electron chi connectivity index (χ1n) is 6.58. The Hall–Kier alpha value is -2.50. The molecule has 0 spiro atoms. The zero-order valence-corrected chi connectivity index (χ0v) is 11.9. The Bertz CT molecular complexity index is 661. The van der Waals surface area contributed by atoms with Crippen LogP contribution in [0.3, 0.4) is 0 Å². The molecule has 0 fully saturated rings. The predicted octanol–water partition coefficient (Wildman–Crippen LogP) is 2.65. The standard InChI is InChI=1S/C15H16FN3O2/c1-3-19(9-11-6-4-5-10(2)18-11)14-13(16)12(15(20)21)7-8-17-14/h4-8H,3,9H2,1-2H3,(H,20,21). The van der Waals surface area contributed by atoms with Crippen molar-refractivity contribution in [1.82, 2.24) is 9.97 Å². The van der Waals surface area contributed by atoms with Gasteiger partial charge in [0.05, 0.1) is 12.2 Å². The summed E-state index contributed by atoms with van der Waals surface area (Å²) < 4.78 is 14.2. The van der Waals surface area contributed by atoms with Gasteiger partial charge in [0.2, 0.25) is 0 Å². The van der Waals surface area contributed by atoms with Gasteiger partial charge in [-0.1, -0.05) is 6.07 Å². The Morgan fingerprint density at radius 1 is 1.38 bits per heavy atom. The molecule has 0 atom stereocenters. The summed E-state index contributed by atoms with van der Waals surface area (Å²) in [6.07, 6.45) is 1.30. The smallest absolute Gasteiger partial charge is 0.338 e. The van der Waals surface area contributed by atoms with E-state index in [0.29, 0.717) is 13.1 Å². The first-order chi connectivity index (χ1) is 10.0. The molecule has 110 valence electrons. The fraction of sp³-hybridized carbons (Fsp3) is 0.267. The van der Waals surface area contributed by atoms with Crippen LogP contribution in [-0.2, 0) is 6.54 Å². The molecule has 2 aromatic rings. The third-order valence-corrected chi connectivity index (χ3v) is 3.08. The number of carboxylic acid groups (broad SMARTS) is 1. The maximum Gasteiger partial charge on any atom is 0.338 e. The number of nitrogens with zero attached hydrogens (tertiary/aromatic N) is 3. The van der Waals surface area contributed by atoms with E-state index in [1.54, 1.807) is 4.90 Å². The van der Waals surface area contributed by atoms with E-state index in [1.807, 2.05) is 32.0 Å². The molecule has 2 rings (SSSR count). The zero-order chi connectivity index (χ0) is 15.4. The summed E-state index contributed by atoms with van der Waals surface area (Å²) in [5.74, 6) is -2.10. The van der Waals surface area contributed by atoms with E-state index in [4.69, 9.17) is 5.11 Å². The van der Waals surface area contributed by atoms with Crippen LogP contribution in [0.4, 0.5) is 10.2 Å². The molecule has 6 heteroatoms. The SMILES string of the molecule is CCN(Cc1cccc(C)n1)c1nccc(C(=O)O)c1F. The van der Waals surface area contributed by atoms with Crippen molar-refractivity contribution in [2.75, 3.05) is 11.4 Å². The summed E-state index contributed by atoms with van der Waals surface area (Å²) in [4.78, 5) is 21.0. The summed E-state index contributed by atoms with van der Waals surface area (Å²) in [6, 6.07) is 6.75. The van der Waals surface area contributed by atoms with Gasteiger partial charge in [0.1, 0.15) is 5.56 Å². The Balaban J connectivity index is 2.34. The van der Waals surface area contributed by atoms with E-state index in [-0.39, 0.29) is 11.4 Å². The number of hydrogen-bond donors (Lipinski definition) is 1. The first kappa shape index (κ1) is 14.9. The molecule has 0 radical (unpaired) electrons. The average molecular weight is 289 g/mol. The highest BCUT2D eigenvalue weighted by Crippen LogP contribution is 2.21. The molecule has 0 saturated heterocycles. The van der Waals surface area contributed by atoms with Crippen molar-refractivity contribution in [1.29, 1.82) is 0 Å². The number of anilines is 1. The van der Waals surface area contributed by atoms with Crippen LogP contribution in [0.5, 0.6) is 0 Å². The van der Waals surface area contributed by atoms with Crippen LogP contribution >= 0.6 is 0 Å². The quantitative estimate of drug-likeness (QED) is 0.916. The molecule has 21 heavy (non-hydrogen) atoms. The van der Waals surface area contributed by atoms with Crippen molar-refractivity contribution in [2.45, 2.75) is 20.4 Å².